The Morgan fingerprint density at radius 1 is 1.11 bits per heavy atom. The van der Waals surface area contributed by atoms with E-state index >= 15 is 0 Å². The monoisotopic (exact) mass is 245 g/mol. The summed E-state index contributed by atoms with van der Waals surface area (Å²) >= 11 is 0. The normalized spacial score (nSPS) is 29.6. The third kappa shape index (κ3) is 1.80. The van der Waals surface area contributed by atoms with Crippen LogP contribution in [0.1, 0.15) is 51.7 Å². The predicted octanol–water partition coefficient (Wildman–Crippen LogP) is 3.94. The number of hydrogen-bond donors (Lipinski definition) is 1. The molecule has 2 atom stereocenters. The Morgan fingerprint density at radius 3 is 2.11 bits per heavy atom. The molecule has 1 aromatic carbocycles. The number of rotatable bonds is 4. The second-order valence-corrected chi connectivity index (χ2v) is 6.81. The molecule has 0 aromatic heterocycles. The summed E-state index contributed by atoms with van der Waals surface area (Å²) in [4.78, 5) is 0. The molecule has 1 heteroatoms. The number of hydrogen-bond acceptors (Lipinski definition) is 1. The molecule has 2 rings (SSSR count). The molecule has 0 spiro atoms. The highest BCUT2D eigenvalue weighted by atomic mass is 14.9. The summed E-state index contributed by atoms with van der Waals surface area (Å²) in [5.41, 5.74) is 3.66. The highest BCUT2D eigenvalue weighted by molar-refractivity contribution is 5.40. The van der Waals surface area contributed by atoms with Crippen LogP contribution in [0.3, 0.4) is 0 Å². The van der Waals surface area contributed by atoms with Crippen molar-refractivity contribution in [3.8, 4) is 0 Å². The number of benzene rings is 1. The Hall–Kier alpha value is -0.820. The summed E-state index contributed by atoms with van der Waals surface area (Å²) in [6, 6.07) is 9.28. The van der Waals surface area contributed by atoms with Crippen molar-refractivity contribution < 1.29 is 0 Å². The van der Waals surface area contributed by atoms with Gasteiger partial charge in [-0.05, 0) is 42.0 Å². The van der Waals surface area contributed by atoms with Gasteiger partial charge in [-0.2, -0.15) is 0 Å². The Bertz CT molecular complexity index is 416. The Balaban J connectivity index is 2.27. The van der Waals surface area contributed by atoms with Crippen LogP contribution in [0.5, 0.6) is 0 Å². The molecule has 0 heterocycles. The fraction of sp³-hybridized carbons (Fsp3) is 0.647. The molecule has 100 valence electrons. The lowest BCUT2D eigenvalue weighted by molar-refractivity contribution is 0.513. The first-order valence-electron chi connectivity index (χ1n) is 7.10. The minimum absolute atomic E-state index is 0.325. The van der Waals surface area contributed by atoms with E-state index in [-0.39, 0.29) is 0 Å². The van der Waals surface area contributed by atoms with Gasteiger partial charge < -0.3 is 5.32 Å². The van der Waals surface area contributed by atoms with E-state index < -0.39 is 0 Å². The van der Waals surface area contributed by atoms with Crippen LogP contribution in [0.2, 0.25) is 0 Å². The third-order valence-electron chi connectivity index (χ3n) is 5.41. The second kappa shape index (κ2) is 4.38. The summed E-state index contributed by atoms with van der Waals surface area (Å²) in [6.07, 6.45) is 0. The third-order valence-corrected chi connectivity index (χ3v) is 5.41. The maximum atomic E-state index is 3.34. The molecule has 0 radical (unpaired) electrons. The van der Waals surface area contributed by atoms with Gasteiger partial charge in [0.1, 0.15) is 0 Å². The van der Waals surface area contributed by atoms with E-state index in [4.69, 9.17) is 0 Å². The lowest BCUT2D eigenvalue weighted by atomic mass is 9.88. The minimum Gasteiger partial charge on any atom is -0.319 e. The average Bonchev–Trinajstić information content (AvgIpc) is 2.76. The van der Waals surface area contributed by atoms with Crippen LogP contribution in [0.25, 0.3) is 0 Å². The van der Waals surface area contributed by atoms with Crippen molar-refractivity contribution in [2.24, 2.45) is 11.3 Å². The van der Waals surface area contributed by atoms with Gasteiger partial charge in [-0.1, -0.05) is 58.9 Å². The van der Waals surface area contributed by atoms with Crippen LogP contribution in [-0.2, 0) is 5.41 Å². The SMILES string of the molecule is CNCC1C(C)(C)C1(C)c1ccc(C(C)C)cc1. The fourth-order valence-electron chi connectivity index (χ4n) is 3.55. The van der Waals surface area contributed by atoms with Gasteiger partial charge in [-0.15, -0.1) is 0 Å². The van der Waals surface area contributed by atoms with Gasteiger partial charge in [0.2, 0.25) is 0 Å². The first-order valence-corrected chi connectivity index (χ1v) is 7.10. The molecule has 1 N–H and O–H groups in total. The zero-order valence-corrected chi connectivity index (χ0v) is 12.7. The van der Waals surface area contributed by atoms with E-state index in [0.29, 0.717) is 16.7 Å². The van der Waals surface area contributed by atoms with Crippen molar-refractivity contribution in [2.45, 2.75) is 46.0 Å². The van der Waals surface area contributed by atoms with Crippen LogP contribution in [-0.4, -0.2) is 13.6 Å². The van der Waals surface area contributed by atoms with Gasteiger partial charge in [0.25, 0.3) is 0 Å². The summed E-state index contributed by atoms with van der Waals surface area (Å²) in [5, 5.41) is 3.34. The highest BCUT2D eigenvalue weighted by Crippen LogP contribution is 2.68. The molecule has 1 aliphatic rings. The largest absolute Gasteiger partial charge is 0.319 e. The molecule has 1 aliphatic carbocycles. The van der Waals surface area contributed by atoms with E-state index in [0.717, 1.165) is 12.5 Å². The van der Waals surface area contributed by atoms with Crippen molar-refractivity contribution >= 4 is 0 Å². The molecule has 2 unspecified atom stereocenters. The molecule has 0 saturated heterocycles. The Morgan fingerprint density at radius 2 is 1.67 bits per heavy atom. The van der Waals surface area contributed by atoms with Crippen molar-refractivity contribution in [3.05, 3.63) is 35.4 Å². The van der Waals surface area contributed by atoms with E-state index in [1.807, 2.05) is 0 Å². The van der Waals surface area contributed by atoms with Crippen LogP contribution in [0.15, 0.2) is 24.3 Å². The molecular weight excluding hydrogens is 218 g/mol. The standard InChI is InChI=1S/C17H27N/c1-12(2)13-7-9-14(10-8-13)17(5)15(11-18-6)16(17,3)4/h7-10,12,15,18H,11H2,1-6H3. The van der Waals surface area contributed by atoms with Gasteiger partial charge in [0.15, 0.2) is 0 Å². The van der Waals surface area contributed by atoms with E-state index in [1.54, 1.807) is 0 Å². The summed E-state index contributed by atoms with van der Waals surface area (Å²) < 4.78 is 0. The topological polar surface area (TPSA) is 12.0 Å². The molecule has 1 saturated carbocycles. The number of nitrogens with one attached hydrogen (secondary N) is 1. The van der Waals surface area contributed by atoms with Gasteiger partial charge in [-0.3, -0.25) is 0 Å². The van der Waals surface area contributed by atoms with E-state index in [9.17, 15) is 0 Å². The van der Waals surface area contributed by atoms with Gasteiger partial charge in [0.05, 0.1) is 0 Å². The summed E-state index contributed by atoms with van der Waals surface area (Å²) in [5.74, 6) is 1.35. The zero-order valence-electron chi connectivity index (χ0n) is 12.7. The molecular formula is C17H27N. The van der Waals surface area contributed by atoms with Gasteiger partial charge in [-0.25, -0.2) is 0 Å². The smallest absolute Gasteiger partial charge is 0.00250 e. The molecule has 1 fully saturated rings. The molecule has 1 aromatic rings. The van der Waals surface area contributed by atoms with Crippen molar-refractivity contribution in [1.82, 2.24) is 5.32 Å². The van der Waals surface area contributed by atoms with Crippen molar-refractivity contribution in [1.29, 1.82) is 0 Å². The van der Waals surface area contributed by atoms with Crippen LogP contribution >= 0.6 is 0 Å². The summed E-state index contributed by atoms with van der Waals surface area (Å²) in [7, 11) is 2.05. The maximum absolute atomic E-state index is 3.34. The van der Waals surface area contributed by atoms with E-state index in [2.05, 4.69) is 71.2 Å². The molecule has 18 heavy (non-hydrogen) atoms. The van der Waals surface area contributed by atoms with Crippen LogP contribution in [0, 0.1) is 11.3 Å². The second-order valence-electron chi connectivity index (χ2n) is 6.81. The molecule has 0 amide bonds. The van der Waals surface area contributed by atoms with Crippen molar-refractivity contribution in [3.63, 3.8) is 0 Å². The first kappa shape index (κ1) is 13.6. The zero-order chi connectivity index (χ0) is 13.6. The maximum Gasteiger partial charge on any atom is 0.00250 e. The lowest BCUT2D eigenvalue weighted by Crippen LogP contribution is -2.15. The Labute approximate surface area is 112 Å². The van der Waals surface area contributed by atoms with Crippen molar-refractivity contribution in [2.75, 3.05) is 13.6 Å². The minimum atomic E-state index is 0.325. The highest BCUT2D eigenvalue weighted by Gasteiger charge is 2.67. The molecule has 0 bridgehead atoms. The van der Waals surface area contributed by atoms with Gasteiger partial charge >= 0.3 is 0 Å². The van der Waals surface area contributed by atoms with E-state index in [1.165, 1.54) is 11.1 Å². The average molecular weight is 245 g/mol. The van der Waals surface area contributed by atoms with Crippen LogP contribution < -0.4 is 5.32 Å². The first-order chi connectivity index (χ1) is 8.35. The molecule has 0 aliphatic heterocycles. The quantitative estimate of drug-likeness (QED) is 0.847. The predicted molar refractivity (Wildman–Crippen MR) is 79.1 cm³/mol. The summed E-state index contributed by atoms with van der Waals surface area (Å²) in [6.45, 7) is 12.8. The van der Waals surface area contributed by atoms with Gasteiger partial charge in [0, 0.05) is 5.41 Å². The fourth-order valence-corrected chi connectivity index (χ4v) is 3.55. The lowest BCUT2D eigenvalue weighted by Gasteiger charge is -2.16. The Kier molecular flexibility index (Phi) is 3.31. The van der Waals surface area contributed by atoms with Crippen LogP contribution in [0.4, 0.5) is 0 Å². The molecule has 1 nitrogen and oxygen atoms in total.